The third-order valence-corrected chi connectivity index (χ3v) is 5.16. The number of hydrogen-bond acceptors (Lipinski definition) is 1. The molecule has 1 aliphatic carbocycles. The van der Waals surface area contributed by atoms with Crippen LogP contribution in [0.4, 0.5) is 0 Å². The molecule has 1 fully saturated rings. The van der Waals surface area contributed by atoms with Gasteiger partial charge in [0, 0.05) is 18.6 Å². The highest BCUT2D eigenvalue weighted by molar-refractivity contribution is 6.31. The van der Waals surface area contributed by atoms with Crippen molar-refractivity contribution in [3.63, 3.8) is 0 Å². The third-order valence-electron chi connectivity index (χ3n) is 4.79. The zero-order valence-corrected chi connectivity index (χ0v) is 13.0. The van der Waals surface area contributed by atoms with Gasteiger partial charge in [0.2, 0.25) is 0 Å². The van der Waals surface area contributed by atoms with Crippen molar-refractivity contribution in [2.75, 3.05) is 7.11 Å². The van der Waals surface area contributed by atoms with Crippen molar-refractivity contribution in [3.05, 3.63) is 34.9 Å². The summed E-state index contributed by atoms with van der Waals surface area (Å²) in [6.07, 6.45) is 5.79. The molecule has 0 spiro atoms. The molecule has 0 heterocycles. The molecule has 1 aromatic rings. The van der Waals surface area contributed by atoms with E-state index in [1.807, 2.05) is 19.2 Å². The predicted molar refractivity (Wildman–Crippen MR) is 81.7 cm³/mol. The summed E-state index contributed by atoms with van der Waals surface area (Å²) in [6, 6.07) is 8.14. The summed E-state index contributed by atoms with van der Waals surface area (Å²) in [5.74, 6) is 1.64. The van der Waals surface area contributed by atoms with E-state index in [9.17, 15) is 0 Å². The summed E-state index contributed by atoms with van der Waals surface area (Å²) in [6.45, 7) is 4.66. The van der Waals surface area contributed by atoms with E-state index in [1.54, 1.807) is 0 Å². The highest BCUT2D eigenvalue weighted by Crippen LogP contribution is 2.40. The lowest BCUT2D eigenvalue weighted by Gasteiger charge is -2.40. The van der Waals surface area contributed by atoms with Crippen molar-refractivity contribution in [2.24, 2.45) is 11.8 Å². The molecule has 0 unspecified atom stereocenters. The van der Waals surface area contributed by atoms with Crippen molar-refractivity contribution in [3.8, 4) is 0 Å². The zero-order valence-electron chi connectivity index (χ0n) is 12.3. The molecule has 0 atom stereocenters. The number of halogens is 1. The molecular formula is C17H25ClO. The van der Waals surface area contributed by atoms with E-state index < -0.39 is 0 Å². The molecular weight excluding hydrogens is 256 g/mol. The molecule has 2 rings (SSSR count). The maximum Gasteiger partial charge on any atom is 0.0719 e. The minimum atomic E-state index is -0.00359. The maximum absolute atomic E-state index is 6.29. The zero-order chi connectivity index (χ0) is 13.9. The Morgan fingerprint density at radius 2 is 1.89 bits per heavy atom. The van der Waals surface area contributed by atoms with Gasteiger partial charge in [0.05, 0.1) is 5.60 Å². The van der Waals surface area contributed by atoms with E-state index in [-0.39, 0.29) is 5.60 Å². The summed E-state index contributed by atoms with van der Waals surface area (Å²) in [7, 11) is 1.85. The van der Waals surface area contributed by atoms with E-state index in [0.29, 0.717) is 0 Å². The van der Waals surface area contributed by atoms with E-state index >= 15 is 0 Å². The Bertz CT molecular complexity index is 405. The summed E-state index contributed by atoms with van der Waals surface area (Å²) >= 11 is 6.29. The topological polar surface area (TPSA) is 9.23 Å². The molecule has 0 aliphatic heterocycles. The van der Waals surface area contributed by atoms with Gasteiger partial charge in [0.1, 0.15) is 0 Å². The van der Waals surface area contributed by atoms with E-state index in [4.69, 9.17) is 16.3 Å². The lowest BCUT2D eigenvalue weighted by atomic mass is 9.72. The first kappa shape index (κ1) is 14.9. The number of hydrogen-bond donors (Lipinski definition) is 0. The molecule has 0 N–H and O–H groups in total. The lowest BCUT2D eigenvalue weighted by molar-refractivity contribution is -0.0525. The smallest absolute Gasteiger partial charge is 0.0719 e. The van der Waals surface area contributed by atoms with E-state index in [2.05, 4.69) is 26.0 Å². The fourth-order valence-corrected chi connectivity index (χ4v) is 3.48. The molecule has 1 aliphatic rings. The van der Waals surface area contributed by atoms with Crippen molar-refractivity contribution >= 4 is 11.6 Å². The molecule has 0 amide bonds. The Kier molecular flexibility index (Phi) is 4.92. The van der Waals surface area contributed by atoms with Crippen LogP contribution in [0, 0.1) is 11.8 Å². The SMILES string of the molecule is COC1(Cc2ccccc2Cl)CCC(C(C)C)CC1. The fourth-order valence-electron chi connectivity index (χ4n) is 3.27. The van der Waals surface area contributed by atoms with Gasteiger partial charge in [-0.05, 0) is 49.1 Å². The van der Waals surface area contributed by atoms with Crippen LogP contribution < -0.4 is 0 Å². The van der Waals surface area contributed by atoms with Gasteiger partial charge in [-0.25, -0.2) is 0 Å². The molecule has 106 valence electrons. The second-order valence-electron chi connectivity index (χ2n) is 6.24. The Labute approximate surface area is 122 Å². The van der Waals surface area contributed by atoms with Gasteiger partial charge < -0.3 is 4.74 Å². The first-order valence-electron chi connectivity index (χ1n) is 7.35. The molecule has 0 saturated heterocycles. The van der Waals surface area contributed by atoms with Crippen molar-refractivity contribution in [1.82, 2.24) is 0 Å². The van der Waals surface area contributed by atoms with Crippen LogP contribution in [0.15, 0.2) is 24.3 Å². The second-order valence-corrected chi connectivity index (χ2v) is 6.64. The van der Waals surface area contributed by atoms with Gasteiger partial charge >= 0.3 is 0 Å². The Hall–Kier alpha value is -0.530. The molecule has 19 heavy (non-hydrogen) atoms. The third kappa shape index (κ3) is 3.52. The summed E-state index contributed by atoms with van der Waals surface area (Å²) < 4.78 is 5.91. The minimum absolute atomic E-state index is 0.00359. The number of rotatable bonds is 4. The Morgan fingerprint density at radius 1 is 1.26 bits per heavy atom. The molecule has 1 aromatic carbocycles. The maximum atomic E-state index is 6.29. The highest BCUT2D eigenvalue weighted by atomic mass is 35.5. The standard InChI is InChI=1S/C17H25ClO/c1-13(2)14-8-10-17(19-3,11-9-14)12-15-6-4-5-7-16(15)18/h4-7,13-14H,8-12H2,1-3H3. The normalized spacial score (nSPS) is 27.7. The largest absolute Gasteiger partial charge is 0.378 e. The quantitative estimate of drug-likeness (QED) is 0.744. The molecule has 1 saturated carbocycles. The van der Waals surface area contributed by atoms with Crippen molar-refractivity contribution < 1.29 is 4.74 Å². The van der Waals surface area contributed by atoms with E-state index in [1.165, 1.54) is 18.4 Å². The van der Waals surface area contributed by atoms with Crippen molar-refractivity contribution in [2.45, 2.75) is 51.6 Å². The molecule has 0 radical (unpaired) electrons. The van der Waals surface area contributed by atoms with Gasteiger partial charge in [-0.1, -0.05) is 43.6 Å². The molecule has 2 heteroatoms. The van der Waals surface area contributed by atoms with Crippen LogP contribution in [0.2, 0.25) is 5.02 Å². The van der Waals surface area contributed by atoms with Gasteiger partial charge in [-0.3, -0.25) is 0 Å². The van der Waals surface area contributed by atoms with Crippen LogP contribution in [-0.4, -0.2) is 12.7 Å². The monoisotopic (exact) mass is 280 g/mol. The highest BCUT2D eigenvalue weighted by Gasteiger charge is 2.36. The first-order valence-corrected chi connectivity index (χ1v) is 7.73. The number of benzene rings is 1. The second kappa shape index (κ2) is 6.28. The minimum Gasteiger partial charge on any atom is -0.378 e. The van der Waals surface area contributed by atoms with Crippen LogP contribution >= 0.6 is 11.6 Å². The van der Waals surface area contributed by atoms with Gasteiger partial charge in [0.25, 0.3) is 0 Å². The summed E-state index contributed by atoms with van der Waals surface area (Å²) in [4.78, 5) is 0. The average Bonchev–Trinajstić information content (AvgIpc) is 2.42. The van der Waals surface area contributed by atoms with Crippen molar-refractivity contribution in [1.29, 1.82) is 0 Å². The first-order chi connectivity index (χ1) is 9.06. The Morgan fingerprint density at radius 3 is 2.42 bits per heavy atom. The summed E-state index contributed by atoms with van der Waals surface area (Å²) in [5, 5.41) is 0.866. The number of methoxy groups -OCH3 is 1. The van der Waals surface area contributed by atoms with Gasteiger partial charge in [0.15, 0.2) is 0 Å². The molecule has 1 nitrogen and oxygen atoms in total. The summed E-state index contributed by atoms with van der Waals surface area (Å²) in [5.41, 5.74) is 1.21. The van der Waals surface area contributed by atoms with Crippen LogP contribution in [0.3, 0.4) is 0 Å². The Balaban J connectivity index is 2.07. The molecule has 0 bridgehead atoms. The molecule has 0 aromatic heterocycles. The van der Waals surface area contributed by atoms with Crippen LogP contribution in [0.5, 0.6) is 0 Å². The lowest BCUT2D eigenvalue weighted by Crippen LogP contribution is -2.39. The average molecular weight is 281 g/mol. The van der Waals surface area contributed by atoms with Crippen LogP contribution in [0.25, 0.3) is 0 Å². The van der Waals surface area contributed by atoms with Crippen LogP contribution in [0.1, 0.15) is 45.1 Å². The number of ether oxygens (including phenoxy) is 1. The van der Waals surface area contributed by atoms with Gasteiger partial charge in [-0.2, -0.15) is 0 Å². The fraction of sp³-hybridized carbons (Fsp3) is 0.647. The van der Waals surface area contributed by atoms with Gasteiger partial charge in [-0.15, -0.1) is 0 Å². The van der Waals surface area contributed by atoms with Crippen LogP contribution in [-0.2, 0) is 11.2 Å². The predicted octanol–water partition coefficient (Wildman–Crippen LogP) is 5.11. The van der Waals surface area contributed by atoms with E-state index in [0.717, 1.165) is 36.1 Å².